The number of esters is 1. The molecule has 1 unspecified atom stereocenters. The fourth-order valence-electron chi connectivity index (χ4n) is 5.24. The number of unbranched alkanes of at least 4 members (excludes halogenated alkanes) is 11. The standard InChI is InChI=1S/C36H58NO3/c1-5-6-7-8-9-10-11-12-13-14-16-21-33-25-27-35(28-26-33)40-32(2)31-39-36(38)24-19-20-29-37(3,4)30-34-22-17-15-18-23-34/h15,17-18,22-23,25-28,32H,5-14,16,19-21,24,29-31H2,1-4H3/q+1. The zero-order valence-corrected chi connectivity index (χ0v) is 26.2. The lowest BCUT2D eigenvalue weighted by Crippen LogP contribution is -2.39. The van der Waals surface area contributed by atoms with Crippen LogP contribution < -0.4 is 4.74 Å². The van der Waals surface area contributed by atoms with Gasteiger partial charge >= 0.3 is 5.97 Å². The van der Waals surface area contributed by atoms with Crippen LogP contribution in [0.5, 0.6) is 5.75 Å². The Labute approximate surface area is 246 Å². The molecular weight excluding hydrogens is 494 g/mol. The molecule has 2 aromatic rings. The van der Waals surface area contributed by atoms with Crippen molar-refractivity contribution < 1.29 is 18.8 Å². The molecule has 0 fully saturated rings. The molecule has 0 N–H and O–H groups in total. The molecule has 4 heteroatoms. The molecule has 0 aliphatic heterocycles. The van der Waals surface area contributed by atoms with Crippen molar-refractivity contribution in [2.75, 3.05) is 27.2 Å². The van der Waals surface area contributed by atoms with Crippen LogP contribution in [0.25, 0.3) is 0 Å². The molecule has 224 valence electrons. The second-order valence-corrected chi connectivity index (χ2v) is 12.3. The van der Waals surface area contributed by atoms with E-state index in [9.17, 15) is 4.79 Å². The third-order valence-corrected chi connectivity index (χ3v) is 7.66. The van der Waals surface area contributed by atoms with Crippen LogP contribution in [0.4, 0.5) is 0 Å². The van der Waals surface area contributed by atoms with Crippen LogP contribution in [-0.4, -0.2) is 43.8 Å². The summed E-state index contributed by atoms with van der Waals surface area (Å²) < 4.78 is 12.4. The van der Waals surface area contributed by atoms with Crippen molar-refractivity contribution in [1.82, 2.24) is 0 Å². The van der Waals surface area contributed by atoms with E-state index in [-0.39, 0.29) is 18.7 Å². The zero-order valence-electron chi connectivity index (χ0n) is 26.2. The highest BCUT2D eigenvalue weighted by atomic mass is 16.6. The van der Waals surface area contributed by atoms with E-state index >= 15 is 0 Å². The van der Waals surface area contributed by atoms with Crippen molar-refractivity contribution in [1.29, 1.82) is 0 Å². The van der Waals surface area contributed by atoms with E-state index in [1.807, 2.05) is 19.1 Å². The zero-order chi connectivity index (χ0) is 28.9. The summed E-state index contributed by atoms with van der Waals surface area (Å²) in [6.45, 7) is 6.56. The van der Waals surface area contributed by atoms with Gasteiger partial charge in [-0.05, 0) is 50.3 Å². The molecular formula is C36H58NO3+. The molecule has 0 bridgehead atoms. The second kappa shape index (κ2) is 20.5. The number of hydrogen-bond acceptors (Lipinski definition) is 3. The van der Waals surface area contributed by atoms with E-state index in [1.54, 1.807) is 0 Å². The number of carbonyl (C=O) groups excluding carboxylic acids is 1. The van der Waals surface area contributed by atoms with Gasteiger partial charge in [0.15, 0.2) is 0 Å². The first kappa shape index (κ1) is 33.9. The summed E-state index contributed by atoms with van der Waals surface area (Å²) in [4.78, 5) is 12.2. The van der Waals surface area contributed by atoms with Gasteiger partial charge in [-0.3, -0.25) is 4.79 Å². The largest absolute Gasteiger partial charge is 0.487 e. The first-order valence-electron chi connectivity index (χ1n) is 16.1. The van der Waals surface area contributed by atoms with Crippen molar-refractivity contribution in [3.63, 3.8) is 0 Å². The van der Waals surface area contributed by atoms with Crippen LogP contribution in [0.15, 0.2) is 54.6 Å². The number of ether oxygens (including phenoxy) is 2. The first-order valence-corrected chi connectivity index (χ1v) is 16.1. The SMILES string of the molecule is CCCCCCCCCCCCCc1ccc(OC(C)COC(=O)CCCC[N+](C)(C)Cc2ccccc2)cc1. The van der Waals surface area contributed by atoms with E-state index in [2.05, 4.69) is 63.5 Å². The van der Waals surface area contributed by atoms with Gasteiger partial charge in [0.2, 0.25) is 0 Å². The molecule has 0 aliphatic carbocycles. The summed E-state index contributed by atoms with van der Waals surface area (Å²) in [6, 6.07) is 19.0. The Morgan fingerprint density at radius 3 is 1.95 bits per heavy atom. The van der Waals surface area contributed by atoms with Crippen LogP contribution in [-0.2, 0) is 22.5 Å². The van der Waals surface area contributed by atoms with E-state index in [0.717, 1.165) is 42.6 Å². The summed E-state index contributed by atoms with van der Waals surface area (Å²) in [5, 5.41) is 0. The quantitative estimate of drug-likeness (QED) is 0.0783. The molecule has 0 radical (unpaired) electrons. The maximum absolute atomic E-state index is 12.2. The highest BCUT2D eigenvalue weighted by Gasteiger charge is 2.16. The van der Waals surface area contributed by atoms with Gasteiger partial charge in [-0.15, -0.1) is 0 Å². The Morgan fingerprint density at radius 2 is 1.32 bits per heavy atom. The predicted octanol–water partition coefficient (Wildman–Crippen LogP) is 9.30. The molecule has 0 spiro atoms. The third kappa shape index (κ3) is 16.7. The molecule has 0 saturated heterocycles. The highest BCUT2D eigenvalue weighted by molar-refractivity contribution is 5.69. The maximum atomic E-state index is 12.2. The summed E-state index contributed by atoms with van der Waals surface area (Å²) in [5.41, 5.74) is 2.72. The lowest BCUT2D eigenvalue weighted by Gasteiger charge is -2.30. The topological polar surface area (TPSA) is 35.5 Å². The number of hydrogen-bond donors (Lipinski definition) is 0. The number of benzene rings is 2. The van der Waals surface area contributed by atoms with Crippen molar-refractivity contribution in [3.8, 4) is 5.75 Å². The molecule has 0 heterocycles. The van der Waals surface area contributed by atoms with Crippen LogP contribution in [0.1, 0.15) is 115 Å². The molecule has 1 atom stereocenters. The van der Waals surface area contributed by atoms with Crippen LogP contribution in [0, 0.1) is 0 Å². The molecule has 0 amide bonds. The number of carbonyl (C=O) groups is 1. The van der Waals surface area contributed by atoms with E-state index in [4.69, 9.17) is 9.47 Å². The Kier molecular flexibility index (Phi) is 17.4. The minimum absolute atomic E-state index is 0.133. The van der Waals surface area contributed by atoms with Crippen molar-refractivity contribution in [3.05, 3.63) is 65.7 Å². The Bertz CT molecular complexity index is 894. The fourth-order valence-corrected chi connectivity index (χ4v) is 5.24. The number of quaternary nitrogens is 1. The van der Waals surface area contributed by atoms with Gasteiger partial charge in [0.1, 0.15) is 25.0 Å². The second-order valence-electron chi connectivity index (χ2n) is 12.3. The van der Waals surface area contributed by atoms with E-state index in [1.165, 1.54) is 81.8 Å². The average Bonchev–Trinajstić information content (AvgIpc) is 2.94. The Balaban J connectivity index is 1.49. The normalized spacial score (nSPS) is 12.3. The van der Waals surface area contributed by atoms with Gasteiger partial charge in [-0.1, -0.05) is 114 Å². The maximum Gasteiger partial charge on any atom is 0.305 e. The average molecular weight is 553 g/mol. The first-order chi connectivity index (χ1) is 19.4. The lowest BCUT2D eigenvalue weighted by molar-refractivity contribution is -0.903. The summed E-state index contributed by atoms with van der Waals surface area (Å²) >= 11 is 0. The minimum Gasteiger partial charge on any atom is -0.487 e. The molecule has 40 heavy (non-hydrogen) atoms. The van der Waals surface area contributed by atoms with Crippen LogP contribution >= 0.6 is 0 Å². The lowest BCUT2D eigenvalue weighted by atomic mass is 10.0. The predicted molar refractivity (Wildman–Crippen MR) is 169 cm³/mol. The van der Waals surface area contributed by atoms with E-state index < -0.39 is 0 Å². The summed E-state index contributed by atoms with van der Waals surface area (Å²) in [7, 11) is 4.49. The fraction of sp³-hybridized carbons (Fsp3) is 0.639. The van der Waals surface area contributed by atoms with E-state index in [0.29, 0.717) is 6.42 Å². The third-order valence-electron chi connectivity index (χ3n) is 7.66. The number of nitrogens with zero attached hydrogens (tertiary/aromatic N) is 1. The molecule has 0 aliphatic rings. The Hall–Kier alpha value is -2.33. The van der Waals surface area contributed by atoms with Gasteiger partial charge in [0.05, 0.1) is 20.6 Å². The summed E-state index contributed by atoms with van der Waals surface area (Å²) in [5.74, 6) is 0.704. The highest BCUT2D eigenvalue weighted by Crippen LogP contribution is 2.17. The molecule has 0 aromatic heterocycles. The van der Waals surface area contributed by atoms with Gasteiger partial charge in [0.25, 0.3) is 0 Å². The minimum atomic E-state index is -0.164. The van der Waals surface area contributed by atoms with Gasteiger partial charge in [-0.25, -0.2) is 0 Å². The molecule has 4 nitrogen and oxygen atoms in total. The molecule has 2 rings (SSSR count). The Morgan fingerprint density at radius 1 is 0.725 bits per heavy atom. The van der Waals surface area contributed by atoms with Crippen molar-refractivity contribution >= 4 is 5.97 Å². The summed E-state index contributed by atoms with van der Waals surface area (Å²) in [6.07, 6.45) is 18.4. The van der Waals surface area contributed by atoms with Crippen molar-refractivity contribution in [2.45, 2.75) is 123 Å². The van der Waals surface area contributed by atoms with Gasteiger partial charge in [0, 0.05) is 12.0 Å². The van der Waals surface area contributed by atoms with Crippen LogP contribution in [0.3, 0.4) is 0 Å². The smallest absolute Gasteiger partial charge is 0.305 e. The number of aryl methyl sites for hydroxylation is 1. The monoisotopic (exact) mass is 552 g/mol. The molecule has 2 aromatic carbocycles. The van der Waals surface area contributed by atoms with Gasteiger partial charge < -0.3 is 14.0 Å². The van der Waals surface area contributed by atoms with Crippen molar-refractivity contribution in [2.24, 2.45) is 0 Å². The molecule has 0 saturated carbocycles. The van der Waals surface area contributed by atoms with Crippen LogP contribution in [0.2, 0.25) is 0 Å². The number of rotatable bonds is 23. The van der Waals surface area contributed by atoms with Gasteiger partial charge in [-0.2, -0.15) is 0 Å².